The molecule has 1 atom stereocenters. The van der Waals surface area contributed by atoms with Crippen molar-refractivity contribution < 1.29 is 9.66 Å². The molecule has 0 aliphatic carbocycles. The van der Waals surface area contributed by atoms with Gasteiger partial charge in [0.15, 0.2) is 0 Å². The summed E-state index contributed by atoms with van der Waals surface area (Å²) in [6.07, 6.45) is 2.16. The molecule has 110 valence electrons. The molecule has 0 saturated carbocycles. The highest BCUT2D eigenvalue weighted by Crippen LogP contribution is 2.26. The Morgan fingerprint density at radius 1 is 1.50 bits per heavy atom. The van der Waals surface area contributed by atoms with E-state index in [0.717, 1.165) is 31.6 Å². The second-order valence-electron chi connectivity index (χ2n) is 5.16. The first kappa shape index (κ1) is 15.4. The zero-order chi connectivity index (χ0) is 14.5. The van der Waals surface area contributed by atoms with Crippen molar-refractivity contribution in [2.75, 3.05) is 13.2 Å². The maximum absolute atomic E-state index is 10.9. The van der Waals surface area contributed by atoms with Crippen LogP contribution in [0.15, 0.2) is 22.7 Å². The fourth-order valence-corrected chi connectivity index (χ4v) is 2.86. The van der Waals surface area contributed by atoms with Crippen LogP contribution >= 0.6 is 15.9 Å². The second-order valence-corrected chi connectivity index (χ2v) is 6.02. The van der Waals surface area contributed by atoms with Crippen LogP contribution in [0.4, 0.5) is 5.69 Å². The maximum Gasteiger partial charge on any atom is 0.283 e. The number of rotatable bonds is 5. The fourth-order valence-electron chi connectivity index (χ4n) is 2.47. The largest absolute Gasteiger partial charge is 0.381 e. The summed E-state index contributed by atoms with van der Waals surface area (Å²) in [7, 11) is 0. The van der Waals surface area contributed by atoms with Crippen molar-refractivity contribution in [1.82, 2.24) is 5.32 Å². The van der Waals surface area contributed by atoms with Crippen molar-refractivity contribution in [2.24, 2.45) is 5.92 Å². The van der Waals surface area contributed by atoms with E-state index in [-0.39, 0.29) is 10.6 Å². The monoisotopic (exact) mass is 342 g/mol. The minimum absolute atomic E-state index is 0.114. The second kappa shape index (κ2) is 7.15. The molecule has 0 spiro atoms. The Morgan fingerprint density at radius 2 is 2.20 bits per heavy atom. The van der Waals surface area contributed by atoms with Gasteiger partial charge in [-0.2, -0.15) is 0 Å². The summed E-state index contributed by atoms with van der Waals surface area (Å²) in [6.45, 7) is 4.48. The molecule has 1 saturated heterocycles. The van der Waals surface area contributed by atoms with E-state index in [0.29, 0.717) is 23.0 Å². The first-order valence-electron chi connectivity index (χ1n) is 6.82. The highest BCUT2D eigenvalue weighted by molar-refractivity contribution is 9.10. The Bertz CT molecular complexity index is 475. The van der Waals surface area contributed by atoms with Gasteiger partial charge in [0, 0.05) is 31.9 Å². The van der Waals surface area contributed by atoms with Crippen LogP contribution in [0.3, 0.4) is 0 Å². The number of nitrogens with one attached hydrogen (secondary N) is 1. The molecule has 1 aliphatic rings. The fraction of sp³-hybridized carbons (Fsp3) is 0.571. The molecular weight excluding hydrogens is 324 g/mol. The van der Waals surface area contributed by atoms with E-state index in [9.17, 15) is 10.1 Å². The molecule has 0 bridgehead atoms. The van der Waals surface area contributed by atoms with Crippen LogP contribution in [0.25, 0.3) is 0 Å². The zero-order valence-corrected chi connectivity index (χ0v) is 13.1. The van der Waals surface area contributed by atoms with E-state index < -0.39 is 0 Å². The minimum atomic E-state index is -0.366. The van der Waals surface area contributed by atoms with Crippen LogP contribution in [-0.2, 0) is 11.3 Å². The number of nitro groups is 1. The Labute approximate surface area is 127 Å². The van der Waals surface area contributed by atoms with Gasteiger partial charge < -0.3 is 10.1 Å². The van der Waals surface area contributed by atoms with Crippen molar-refractivity contribution in [3.05, 3.63) is 38.3 Å². The number of nitrogens with zero attached hydrogens (tertiary/aromatic N) is 1. The van der Waals surface area contributed by atoms with Crippen LogP contribution in [0.5, 0.6) is 0 Å². The molecular formula is C14H19BrN2O3. The van der Waals surface area contributed by atoms with Crippen LogP contribution < -0.4 is 5.32 Å². The average molecular weight is 343 g/mol. The standard InChI is InChI=1S/C14H19BrN2O3/c1-10(12-4-6-20-7-5-12)16-9-11-2-3-13(15)14(8-11)17(18)19/h2-3,8,10,12,16H,4-7,9H2,1H3. The minimum Gasteiger partial charge on any atom is -0.381 e. The first-order valence-corrected chi connectivity index (χ1v) is 7.61. The normalized spacial score (nSPS) is 17.9. The number of ether oxygens (including phenoxy) is 1. The lowest BCUT2D eigenvalue weighted by Gasteiger charge is -2.28. The third kappa shape index (κ3) is 4.01. The van der Waals surface area contributed by atoms with E-state index in [4.69, 9.17) is 4.74 Å². The average Bonchev–Trinajstić information content (AvgIpc) is 2.46. The van der Waals surface area contributed by atoms with Crippen molar-refractivity contribution in [3.8, 4) is 0 Å². The molecule has 1 N–H and O–H groups in total. The van der Waals surface area contributed by atoms with E-state index in [2.05, 4.69) is 28.2 Å². The van der Waals surface area contributed by atoms with Gasteiger partial charge in [-0.15, -0.1) is 0 Å². The summed E-state index contributed by atoms with van der Waals surface area (Å²) in [4.78, 5) is 10.5. The van der Waals surface area contributed by atoms with E-state index in [1.165, 1.54) is 0 Å². The topological polar surface area (TPSA) is 64.4 Å². The van der Waals surface area contributed by atoms with Crippen molar-refractivity contribution in [2.45, 2.75) is 32.4 Å². The summed E-state index contributed by atoms with van der Waals surface area (Å²) >= 11 is 3.20. The van der Waals surface area contributed by atoms with Crippen LogP contribution in [-0.4, -0.2) is 24.2 Å². The lowest BCUT2D eigenvalue weighted by molar-refractivity contribution is -0.385. The zero-order valence-electron chi connectivity index (χ0n) is 11.5. The number of halogens is 1. The van der Waals surface area contributed by atoms with Gasteiger partial charge in [0.2, 0.25) is 0 Å². The highest BCUT2D eigenvalue weighted by atomic mass is 79.9. The number of benzene rings is 1. The molecule has 1 aromatic carbocycles. The number of hydrogen-bond acceptors (Lipinski definition) is 4. The summed E-state index contributed by atoms with van der Waals surface area (Å²) < 4.78 is 5.88. The van der Waals surface area contributed by atoms with Crippen molar-refractivity contribution >= 4 is 21.6 Å². The number of nitro benzene ring substituents is 1. The first-order chi connectivity index (χ1) is 9.58. The van der Waals surface area contributed by atoms with Crippen LogP contribution in [0.2, 0.25) is 0 Å². The molecule has 1 unspecified atom stereocenters. The lowest BCUT2D eigenvalue weighted by atomic mass is 9.93. The van der Waals surface area contributed by atoms with E-state index in [1.807, 2.05) is 6.07 Å². The summed E-state index contributed by atoms with van der Waals surface area (Å²) in [5.74, 6) is 0.620. The van der Waals surface area contributed by atoms with Gasteiger partial charge in [-0.05, 0) is 53.2 Å². The van der Waals surface area contributed by atoms with Crippen molar-refractivity contribution in [1.29, 1.82) is 0 Å². The molecule has 0 amide bonds. The summed E-state index contributed by atoms with van der Waals surface area (Å²) in [5, 5.41) is 14.4. The molecule has 20 heavy (non-hydrogen) atoms. The Balaban J connectivity index is 1.93. The van der Waals surface area contributed by atoms with Gasteiger partial charge in [0.25, 0.3) is 5.69 Å². The van der Waals surface area contributed by atoms with E-state index >= 15 is 0 Å². The van der Waals surface area contributed by atoms with Gasteiger partial charge in [0.05, 0.1) is 9.40 Å². The predicted molar refractivity (Wildman–Crippen MR) is 80.6 cm³/mol. The van der Waals surface area contributed by atoms with Gasteiger partial charge >= 0.3 is 0 Å². The Morgan fingerprint density at radius 3 is 2.85 bits per heavy atom. The van der Waals surface area contributed by atoms with Crippen LogP contribution in [0.1, 0.15) is 25.3 Å². The maximum atomic E-state index is 10.9. The molecule has 1 aromatic rings. The Hall–Kier alpha value is -0.980. The molecule has 5 nitrogen and oxygen atoms in total. The molecule has 6 heteroatoms. The molecule has 1 heterocycles. The Kier molecular flexibility index (Phi) is 5.51. The summed E-state index contributed by atoms with van der Waals surface area (Å²) in [6, 6.07) is 5.64. The summed E-state index contributed by atoms with van der Waals surface area (Å²) in [5.41, 5.74) is 1.04. The lowest BCUT2D eigenvalue weighted by Crippen LogP contribution is -2.36. The molecule has 1 aliphatic heterocycles. The van der Waals surface area contributed by atoms with Gasteiger partial charge in [-0.1, -0.05) is 6.07 Å². The van der Waals surface area contributed by atoms with Gasteiger partial charge in [-0.3, -0.25) is 10.1 Å². The van der Waals surface area contributed by atoms with Crippen LogP contribution in [0, 0.1) is 16.0 Å². The third-order valence-electron chi connectivity index (χ3n) is 3.81. The van der Waals surface area contributed by atoms with Crippen molar-refractivity contribution in [3.63, 3.8) is 0 Å². The molecule has 2 rings (SSSR count). The number of hydrogen-bond donors (Lipinski definition) is 1. The quantitative estimate of drug-likeness (QED) is 0.658. The third-order valence-corrected chi connectivity index (χ3v) is 4.48. The molecule has 0 radical (unpaired) electrons. The predicted octanol–water partition coefficient (Wildman–Crippen LogP) is 3.26. The van der Waals surface area contributed by atoms with Gasteiger partial charge in [0.1, 0.15) is 0 Å². The highest BCUT2D eigenvalue weighted by Gasteiger charge is 2.20. The molecule has 0 aromatic heterocycles. The van der Waals surface area contributed by atoms with Gasteiger partial charge in [-0.25, -0.2) is 0 Å². The van der Waals surface area contributed by atoms with E-state index in [1.54, 1.807) is 12.1 Å². The molecule has 1 fully saturated rings. The SMILES string of the molecule is CC(NCc1ccc(Br)c([N+](=O)[O-])c1)C1CCOCC1. The smallest absolute Gasteiger partial charge is 0.283 e.